The largest absolute Gasteiger partial charge is 0.501 e. The Morgan fingerprint density at radius 3 is 2.82 bits per heavy atom. The van der Waals surface area contributed by atoms with Gasteiger partial charge in [0.05, 0.1) is 41.4 Å². The molecule has 2 amide bonds. The summed E-state index contributed by atoms with van der Waals surface area (Å²) >= 11 is 5.98. The van der Waals surface area contributed by atoms with Crippen LogP contribution in [0, 0.1) is 18.7 Å². The monoisotopic (exact) mass is 633 g/mol. The average Bonchev–Trinajstić information content (AvgIpc) is 3.39. The van der Waals surface area contributed by atoms with Crippen molar-refractivity contribution in [1.82, 2.24) is 20.0 Å². The zero-order valence-electron chi connectivity index (χ0n) is 25.7. The molecule has 1 unspecified atom stereocenters. The molecule has 3 heterocycles. The number of hydrogen-bond donors (Lipinski definition) is 3. The summed E-state index contributed by atoms with van der Waals surface area (Å²) < 4.78 is 21.4. The fourth-order valence-corrected chi connectivity index (χ4v) is 5.85. The standard InChI is InChI=1S/C34H37ClFN5O4/c1-19-8-6-10-27(38-34(44)25-18-37-41(21(25)3)29-11-7-9-26(35)32(29)36)30-16-23(17-31(42)40(30)4)24-13-12-22(14-20(2)45-5)15-28(24)39-33(19)43/h7,9,11-13,15-19,27,31,42H,2,6,8,10,14H2,1,3-5H3,(H,38,44)(H,39,43)/t19-,27+,31?/m1/s1. The Bertz CT molecular complexity index is 1710. The number of anilines is 1. The van der Waals surface area contributed by atoms with Crippen molar-refractivity contribution in [3.8, 4) is 5.69 Å². The van der Waals surface area contributed by atoms with Crippen molar-refractivity contribution < 1.29 is 23.8 Å². The lowest BCUT2D eigenvalue weighted by atomic mass is 9.91. The number of amides is 2. The number of methoxy groups -OCH3 is 1. The molecule has 2 aliphatic rings. The maximum absolute atomic E-state index is 14.8. The summed E-state index contributed by atoms with van der Waals surface area (Å²) in [6, 6.07) is 9.84. The molecule has 0 fully saturated rings. The molecule has 0 saturated heterocycles. The van der Waals surface area contributed by atoms with Crippen molar-refractivity contribution in [3.05, 3.63) is 106 Å². The number of nitrogens with one attached hydrogen (secondary N) is 2. The SMILES string of the molecule is C=C(Cc1ccc2c(c1)NC(=O)[C@H](C)CCC[C@H](NC(=O)c1cnn(-c3cccc(Cl)c3F)c1C)C1=CC2=CC(O)N1C)OC. The van der Waals surface area contributed by atoms with Crippen molar-refractivity contribution in [1.29, 1.82) is 0 Å². The summed E-state index contributed by atoms with van der Waals surface area (Å²) in [5.74, 6) is -0.837. The zero-order chi connectivity index (χ0) is 32.4. The van der Waals surface area contributed by atoms with Gasteiger partial charge < -0.3 is 25.4 Å². The number of rotatable bonds is 6. The van der Waals surface area contributed by atoms with E-state index in [0.717, 1.165) is 11.1 Å². The Balaban J connectivity index is 1.51. The fourth-order valence-electron chi connectivity index (χ4n) is 5.68. The van der Waals surface area contributed by atoms with Gasteiger partial charge in [0.2, 0.25) is 5.91 Å². The van der Waals surface area contributed by atoms with Crippen LogP contribution in [0.3, 0.4) is 0 Å². The molecule has 3 aromatic rings. The average molecular weight is 634 g/mol. The van der Waals surface area contributed by atoms with Crippen molar-refractivity contribution in [2.75, 3.05) is 19.5 Å². The summed E-state index contributed by atoms with van der Waals surface area (Å²) in [5, 5.41) is 21.6. The number of allylic oxidation sites excluding steroid dienone is 3. The van der Waals surface area contributed by atoms with Crippen LogP contribution in [0.4, 0.5) is 10.1 Å². The first kappa shape index (κ1) is 32.0. The molecule has 3 atom stereocenters. The molecule has 2 aromatic carbocycles. The normalized spacial score (nSPS) is 20.1. The minimum Gasteiger partial charge on any atom is -0.501 e. The summed E-state index contributed by atoms with van der Waals surface area (Å²) in [5.41, 5.74) is 4.54. The van der Waals surface area contributed by atoms with Crippen molar-refractivity contribution >= 4 is 34.7 Å². The van der Waals surface area contributed by atoms with Gasteiger partial charge in [0.15, 0.2) is 5.82 Å². The first-order chi connectivity index (χ1) is 21.5. The molecule has 3 N–H and O–H groups in total. The molecule has 0 saturated carbocycles. The molecule has 0 spiro atoms. The molecule has 236 valence electrons. The summed E-state index contributed by atoms with van der Waals surface area (Å²) in [6.45, 7) is 7.48. The Morgan fingerprint density at radius 1 is 1.29 bits per heavy atom. The fraction of sp³-hybridized carbons (Fsp3) is 0.324. The maximum atomic E-state index is 14.8. The van der Waals surface area contributed by atoms with Crippen molar-refractivity contribution in [2.45, 2.75) is 51.8 Å². The molecule has 45 heavy (non-hydrogen) atoms. The lowest BCUT2D eigenvalue weighted by molar-refractivity contribution is -0.119. The van der Waals surface area contributed by atoms with Crippen LogP contribution < -0.4 is 10.6 Å². The number of carbonyl (C=O) groups excluding carboxylic acids is 2. The Hall–Kier alpha value is -4.41. The predicted molar refractivity (Wildman–Crippen MR) is 172 cm³/mol. The highest BCUT2D eigenvalue weighted by Crippen LogP contribution is 2.34. The number of likely N-dealkylation sites (N-methyl/N-ethyl adjacent to an activating group) is 1. The van der Waals surface area contributed by atoms with Crippen LogP contribution in [0.25, 0.3) is 11.3 Å². The van der Waals surface area contributed by atoms with E-state index in [4.69, 9.17) is 16.3 Å². The Kier molecular flexibility index (Phi) is 9.45. The molecule has 0 aliphatic carbocycles. The van der Waals surface area contributed by atoms with E-state index in [1.165, 1.54) is 16.9 Å². The predicted octanol–water partition coefficient (Wildman–Crippen LogP) is 5.76. The molecular weight excluding hydrogens is 597 g/mol. The number of aromatic nitrogens is 2. The molecule has 5 rings (SSSR count). The Labute approximate surface area is 267 Å². The van der Waals surface area contributed by atoms with E-state index in [1.807, 2.05) is 31.2 Å². The zero-order valence-corrected chi connectivity index (χ0v) is 26.5. The molecule has 0 radical (unpaired) electrons. The van der Waals surface area contributed by atoms with Crippen LogP contribution in [-0.2, 0) is 16.0 Å². The van der Waals surface area contributed by atoms with Crippen LogP contribution in [0.2, 0.25) is 5.02 Å². The van der Waals surface area contributed by atoms with Crippen LogP contribution in [-0.4, -0.2) is 58.0 Å². The first-order valence-corrected chi connectivity index (χ1v) is 15.2. The van der Waals surface area contributed by atoms with E-state index < -0.39 is 24.0 Å². The highest BCUT2D eigenvalue weighted by molar-refractivity contribution is 6.30. The molecule has 1 aromatic heterocycles. The van der Waals surface area contributed by atoms with E-state index in [9.17, 15) is 19.1 Å². The minimum absolute atomic E-state index is 0.0440. The van der Waals surface area contributed by atoms with Gasteiger partial charge in [-0.15, -0.1) is 0 Å². The van der Waals surface area contributed by atoms with Crippen LogP contribution >= 0.6 is 11.6 Å². The summed E-state index contributed by atoms with van der Waals surface area (Å²) in [6.07, 6.45) is 6.28. The summed E-state index contributed by atoms with van der Waals surface area (Å²) in [4.78, 5) is 28.7. The van der Waals surface area contributed by atoms with Gasteiger partial charge >= 0.3 is 0 Å². The Morgan fingerprint density at radius 2 is 2.07 bits per heavy atom. The number of carbonyl (C=O) groups is 2. The number of hydrogen-bond acceptors (Lipinski definition) is 6. The number of fused-ring (bicyclic) bond motifs is 3. The second kappa shape index (κ2) is 13.3. The lowest BCUT2D eigenvalue weighted by Gasteiger charge is -2.36. The molecule has 2 aliphatic heterocycles. The van der Waals surface area contributed by atoms with Gasteiger partial charge in [0, 0.05) is 36.3 Å². The minimum atomic E-state index is -0.979. The van der Waals surface area contributed by atoms with Gasteiger partial charge in [-0.2, -0.15) is 5.10 Å². The van der Waals surface area contributed by atoms with Gasteiger partial charge in [0.1, 0.15) is 11.9 Å². The third-order valence-corrected chi connectivity index (χ3v) is 8.72. The van der Waals surface area contributed by atoms with E-state index >= 15 is 0 Å². The van der Waals surface area contributed by atoms with E-state index in [1.54, 1.807) is 44.2 Å². The highest BCUT2D eigenvalue weighted by atomic mass is 35.5. The number of nitrogens with zero attached hydrogens (tertiary/aromatic N) is 3. The summed E-state index contributed by atoms with van der Waals surface area (Å²) in [7, 11) is 3.34. The smallest absolute Gasteiger partial charge is 0.255 e. The van der Waals surface area contributed by atoms with Gasteiger partial charge in [0.25, 0.3) is 5.91 Å². The molecule has 11 heteroatoms. The second-order valence-corrected chi connectivity index (χ2v) is 11.9. The van der Waals surface area contributed by atoms with Crippen molar-refractivity contribution in [3.63, 3.8) is 0 Å². The number of aliphatic hydroxyl groups is 1. The quantitative estimate of drug-likeness (QED) is 0.298. The van der Waals surface area contributed by atoms with E-state index in [2.05, 4.69) is 22.3 Å². The van der Waals surface area contributed by atoms with Crippen LogP contribution in [0.1, 0.15) is 53.4 Å². The topological polar surface area (TPSA) is 109 Å². The third kappa shape index (κ3) is 6.67. The molecule has 9 nitrogen and oxygen atoms in total. The first-order valence-electron chi connectivity index (χ1n) is 14.8. The number of benzene rings is 2. The van der Waals surface area contributed by atoms with E-state index in [-0.39, 0.29) is 28.1 Å². The maximum Gasteiger partial charge on any atom is 0.255 e. The number of halogens is 2. The van der Waals surface area contributed by atoms with Gasteiger partial charge in [-0.25, -0.2) is 9.07 Å². The second-order valence-electron chi connectivity index (χ2n) is 11.5. The van der Waals surface area contributed by atoms with Gasteiger partial charge in [-0.3, -0.25) is 9.59 Å². The molecule has 2 bridgehead atoms. The highest BCUT2D eigenvalue weighted by Gasteiger charge is 2.30. The van der Waals surface area contributed by atoms with Crippen molar-refractivity contribution in [2.24, 2.45) is 5.92 Å². The van der Waals surface area contributed by atoms with E-state index in [0.29, 0.717) is 54.1 Å². The molecular formula is C34H37ClFN5O4. The number of aliphatic hydroxyl groups excluding tert-OH is 1. The van der Waals surface area contributed by atoms with Crippen LogP contribution in [0.15, 0.2) is 72.8 Å². The van der Waals surface area contributed by atoms with Gasteiger partial charge in [-0.1, -0.05) is 49.7 Å². The van der Waals surface area contributed by atoms with Gasteiger partial charge in [-0.05, 0) is 61.3 Å². The van der Waals surface area contributed by atoms with Crippen LogP contribution in [0.5, 0.6) is 0 Å². The number of ether oxygens (including phenoxy) is 1. The lowest BCUT2D eigenvalue weighted by Crippen LogP contribution is -2.45. The third-order valence-electron chi connectivity index (χ3n) is 8.43.